The fraction of sp³-hybridized carbons (Fsp3) is 1.00. The maximum atomic E-state index is 3.49. The van der Waals surface area contributed by atoms with E-state index in [1.54, 1.807) is 0 Å². The molecule has 3 heteroatoms. The highest BCUT2D eigenvalue weighted by atomic mass is 15.2. The topological polar surface area (TPSA) is 18.5 Å². The van der Waals surface area contributed by atoms with Gasteiger partial charge in [-0.2, -0.15) is 0 Å². The van der Waals surface area contributed by atoms with Crippen LogP contribution in [0.15, 0.2) is 0 Å². The molecular weight excluding hydrogens is 222 g/mol. The molecule has 1 N–H and O–H groups in total. The van der Waals surface area contributed by atoms with Crippen LogP contribution in [0.5, 0.6) is 0 Å². The van der Waals surface area contributed by atoms with Gasteiger partial charge in [0.2, 0.25) is 0 Å². The van der Waals surface area contributed by atoms with Crippen LogP contribution in [0.3, 0.4) is 0 Å². The van der Waals surface area contributed by atoms with Crippen molar-refractivity contribution in [3.63, 3.8) is 0 Å². The van der Waals surface area contributed by atoms with Gasteiger partial charge in [-0.25, -0.2) is 0 Å². The van der Waals surface area contributed by atoms with Crippen LogP contribution < -0.4 is 5.32 Å². The van der Waals surface area contributed by atoms with Crippen LogP contribution in [0.25, 0.3) is 0 Å². The van der Waals surface area contributed by atoms with Gasteiger partial charge < -0.3 is 15.1 Å². The van der Waals surface area contributed by atoms with Crippen LogP contribution in [0, 0.1) is 11.8 Å². The van der Waals surface area contributed by atoms with Crippen molar-refractivity contribution in [3.8, 4) is 0 Å². The summed E-state index contributed by atoms with van der Waals surface area (Å²) >= 11 is 0. The first-order valence-corrected chi connectivity index (χ1v) is 8.05. The molecule has 18 heavy (non-hydrogen) atoms. The Morgan fingerprint density at radius 1 is 0.778 bits per heavy atom. The van der Waals surface area contributed by atoms with Gasteiger partial charge in [-0.05, 0) is 83.2 Å². The van der Waals surface area contributed by atoms with Gasteiger partial charge in [0.05, 0.1) is 0 Å². The van der Waals surface area contributed by atoms with Crippen molar-refractivity contribution in [2.75, 3.05) is 52.4 Å². The quantitative estimate of drug-likeness (QED) is 0.815. The lowest BCUT2D eigenvalue weighted by atomic mass is 9.95. The second-order valence-electron chi connectivity index (χ2n) is 6.61. The van der Waals surface area contributed by atoms with Gasteiger partial charge in [-0.1, -0.05) is 0 Å². The molecule has 3 fully saturated rings. The molecule has 0 spiro atoms. The largest absolute Gasteiger partial charge is 0.316 e. The van der Waals surface area contributed by atoms with Gasteiger partial charge in [0.1, 0.15) is 0 Å². The number of nitrogens with zero attached hydrogens (tertiary/aromatic N) is 2. The summed E-state index contributed by atoms with van der Waals surface area (Å²) in [4.78, 5) is 5.42. The van der Waals surface area contributed by atoms with Crippen molar-refractivity contribution < 1.29 is 0 Å². The van der Waals surface area contributed by atoms with Crippen LogP contribution in [-0.2, 0) is 0 Å². The predicted octanol–water partition coefficient (Wildman–Crippen LogP) is 1.40. The van der Waals surface area contributed by atoms with Crippen LogP contribution in [0.2, 0.25) is 0 Å². The molecule has 3 saturated heterocycles. The third kappa shape index (κ3) is 3.46. The van der Waals surface area contributed by atoms with E-state index < -0.39 is 0 Å². The molecule has 104 valence electrons. The fourth-order valence-corrected chi connectivity index (χ4v) is 3.92. The molecule has 3 aliphatic rings. The minimum absolute atomic E-state index is 0.931. The highest BCUT2D eigenvalue weighted by molar-refractivity contribution is 4.80. The number of nitrogens with one attached hydrogen (secondary N) is 1. The van der Waals surface area contributed by atoms with Crippen LogP contribution in [-0.4, -0.2) is 62.2 Å². The van der Waals surface area contributed by atoms with E-state index in [9.17, 15) is 0 Å². The van der Waals surface area contributed by atoms with Crippen molar-refractivity contribution in [2.24, 2.45) is 11.8 Å². The Hall–Kier alpha value is -0.120. The molecule has 0 bridgehead atoms. The van der Waals surface area contributed by atoms with Crippen molar-refractivity contribution in [2.45, 2.75) is 32.1 Å². The minimum atomic E-state index is 0.931. The number of rotatable bonds is 4. The maximum Gasteiger partial charge on any atom is 0.00223 e. The third-order valence-corrected chi connectivity index (χ3v) is 5.10. The molecule has 0 aromatic heterocycles. The summed E-state index contributed by atoms with van der Waals surface area (Å²) in [6.45, 7) is 10.7. The van der Waals surface area contributed by atoms with Crippen molar-refractivity contribution in [1.82, 2.24) is 15.1 Å². The van der Waals surface area contributed by atoms with Gasteiger partial charge in [0, 0.05) is 13.1 Å². The van der Waals surface area contributed by atoms with E-state index in [2.05, 4.69) is 15.1 Å². The first kappa shape index (κ1) is 12.9. The van der Waals surface area contributed by atoms with Crippen LogP contribution in [0.4, 0.5) is 0 Å². The lowest BCUT2D eigenvalue weighted by molar-refractivity contribution is 0.140. The molecule has 1 atom stereocenters. The monoisotopic (exact) mass is 251 g/mol. The van der Waals surface area contributed by atoms with E-state index in [0.717, 1.165) is 11.8 Å². The Labute approximate surface area is 112 Å². The SMILES string of the molecule is C1CCN(CC2CCN(CC3CCNC3)CC2)C1. The van der Waals surface area contributed by atoms with E-state index in [0.29, 0.717) is 0 Å². The summed E-state index contributed by atoms with van der Waals surface area (Å²) in [7, 11) is 0. The number of piperidine rings is 1. The Morgan fingerprint density at radius 3 is 2.11 bits per heavy atom. The average Bonchev–Trinajstić information content (AvgIpc) is 3.05. The van der Waals surface area contributed by atoms with E-state index in [4.69, 9.17) is 0 Å². The zero-order valence-corrected chi connectivity index (χ0v) is 11.7. The zero-order valence-electron chi connectivity index (χ0n) is 11.7. The average molecular weight is 251 g/mol. The van der Waals surface area contributed by atoms with Gasteiger partial charge >= 0.3 is 0 Å². The molecule has 0 radical (unpaired) electrons. The van der Waals surface area contributed by atoms with Crippen molar-refractivity contribution >= 4 is 0 Å². The second-order valence-corrected chi connectivity index (χ2v) is 6.61. The summed E-state index contributed by atoms with van der Waals surface area (Å²) in [6, 6.07) is 0. The Bertz CT molecular complexity index is 210. The van der Waals surface area contributed by atoms with E-state index >= 15 is 0 Å². The molecule has 0 aliphatic carbocycles. The molecule has 3 rings (SSSR count). The zero-order chi connectivity index (χ0) is 12.2. The highest BCUT2D eigenvalue weighted by Gasteiger charge is 2.25. The molecule has 3 aliphatic heterocycles. The van der Waals surface area contributed by atoms with Gasteiger partial charge in [-0.15, -0.1) is 0 Å². The molecule has 0 saturated carbocycles. The lowest BCUT2D eigenvalue weighted by Crippen LogP contribution is -2.40. The van der Waals surface area contributed by atoms with Crippen LogP contribution in [0.1, 0.15) is 32.1 Å². The normalized spacial score (nSPS) is 32.3. The Kier molecular flexibility index (Phi) is 4.55. The summed E-state index contributed by atoms with van der Waals surface area (Å²) in [5.41, 5.74) is 0. The molecule has 3 nitrogen and oxygen atoms in total. The number of hydrogen-bond donors (Lipinski definition) is 1. The molecule has 0 amide bonds. The number of hydrogen-bond acceptors (Lipinski definition) is 3. The summed E-state index contributed by atoms with van der Waals surface area (Å²) in [5, 5.41) is 3.49. The van der Waals surface area contributed by atoms with Crippen LogP contribution >= 0.6 is 0 Å². The molecule has 1 unspecified atom stereocenters. The first-order chi connectivity index (χ1) is 8.90. The summed E-state index contributed by atoms with van der Waals surface area (Å²) in [5.74, 6) is 1.92. The molecule has 0 aromatic carbocycles. The molecule has 3 heterocycles. The van der Waals surface area contributed by atoms with E-state index in [-0.39, 0.29) is 0 Å². The smallest absolute Gasteiger partial charge is 0.00223 e. The minimum Gasteiger partial charge on any atom is -0.316 e. The standard InChI is InChI=1S/C15H29N3/c1-2-8-17(7-1)12-14-4-9-18(10-5-14)13-15-3-6-16-11-15/h14-16H,1-13H2. The van der Waals surface area contributed by atoms with E-state index in [1.165, 1.54) is 84.5 Å². The lowest BCUT2D eigenvalue weighted by Gasteiger charge is -2.35. The Morgan fingerprint density at radius 2 is 1.44 bits per heavy atom. The van der Waals surface area contributed by atoms with Gasteiger partial charge in [0.15, 0.2) is 0 Å². The summed E-state index contributed by atoms with van der Waals surface area (Å²) in [6.07, 6.45) is 7.15. The van der Waals surface area contributed by atoms with Crippen molar-refractivity contribution in [1.29, 1.82) is 0 Å². The van der Waals surface area contributed by atoms with Gasteiger partial charge in [-0.3, -0.25) is 0 Å². The second kappa shape index (κ2) is 6.36. The van der Waals surface area contributed by atoms with E-state index in [1.807, 2.05) is 0 Å². The summed E-state index contributed by atoms with van der Waals surface area (Å²) < 4.78 is 0. The van der Waals surface area contributed by atoms with Gasteiger partial charge in [0.25, 0.3) is 0 Å². The predicted molar refractivity (Wildman–Crippen MR) is 75.8 cm³/mol. The fourth-order valence-electron chi connectivity index (χ4n) is 3.92. The Balaban J connectivity index is 1.35. The third-order valence-electron chi connectivity index (χ3n) is 5.10. The maximum absolute atomic E-state index is 3.49. The number of likely N-dealkylation sites (tertiary alicyclic amines) is 2. The first-order valence-electron chi connectivity index (χ1n) is 8.05. The van der Waals surface area contributed by atoms with Crippen molar-refractivity contribution in [3.05, 3.63) is 0 Å². The highest BCUT2D eigenvalue weighted by Crippen LogP contribution is 2.22. The molecule has 0 aromatic rings. The molecular formula is C15H29N3.